The Labute approximate surface area is 200 Å². The number of hydrogen-bond donors (Lipinski definition) is 0. The van der Waals surface area contributed by atoms with E-state index >= 15 is 0 Å². The van der Waals surface area contributed by atoms with Crippen LogP contribution in [-0.2, 0) is 9.53 Å². The van der Waals surface area contributed by atoms with Gasteiger partial charge in [-0.3, -0.25) is 9.36 Å². The van der Waals surface area contributed by atoms with Crippen molar-refractivity contribution in [3.8, 4) is 11.5 Å². The number of carbonyl (C=O) groups is 1. The van der Waals surface area contributed by atoms with Crippen molar-refractivity contribution in [3.05, 3.63) is 103 Å². The minimum atomic E-state index is -0.683. The van der Waals surface area contributed by atoms with E-state index in [4.69, 9.17) is 14.2 Å². The molecule has 34 heavy (non-hydrogen) atoms. The Hall–Kier alpha value is -3.91. The lowest BCUT2D eigenvalue weighted by Crippen LogP contribution is -2.39. The van der Waals surface area contributed by atoms with Gasteiger partial charge in [0, 0.05) is 0 Å². The molecule has 0 radical (unpaired) electrons. The molecule has 2 heterocycles. The average molecular weight is 477 g/mol. The molecular weight excluding hydrogens is 452 g/mol. The van der Waals surface area contributed by atoms with Crippen LogP contribution in [0.1, 0.15) is 24.1 Å². The second-order valence-electron chi connectivity index (χ2n) is 7.52. The fourth-order valence-corrected chi connectivity index (χ4v) is 4.79. The second kappa shape index (κ2) is 9.93. The zero-order valence-corrected chi connectivity index (χ0v) is 19.9. The molecule has 0 N–H and O–H groups in total. The monoisotopic (exact) mass is 476 g/mol. The molecule has 0 spiro atoms. The van der Waals surface area contributed by atoms with E-state index in [2.05, 4.69) is 11.6 Å². The third kappa shape index (κ3) is 4.45. The van der Waals surface area contributed by atoms with Crippen LogP contribution in [0.5, 0.6) is 11.5 Å². The largest absolute Gasteiger partial charge is 0.497 e. The Balaban J connectivity index is 1.89. The van der Waals surface area contributed by atoms with Crippen molar-refractivity contribution in [2.75, 3.05) is 20.8 Å². The molecule has 8 heteroatoms. The summed E-state index contributed by atoms with van der Waals surface area (Å²) in [7, 11) is 3.19. The van der Waals surface area contributed by atoms with Crippen molar-refractivity contribution >= 4 is 23.4 Å². The van der Waals surface area contributed by atoms with E-state index in [1.165, 1.54) is 17.4 Å². The van der Waals surface area contributed by atoms with Gasteiger partial charge >= 0.3 is 5.97 Å². The molecule has 1 aromatic heterocycles. The number of rotatable bonds is 7. The highest BCUT2D eigenvalue weighted by molar-refractivity contribution is 7.07. The van der Waals surface area contributed by atoms with Gasteiger partial charge < -0.3 is 14.2 Å². The molecule has 0 aliphatic carbocycles. The molecular formula is C26H24N2O5S. The number of hydrogen-bond acceptors (Lipinski definition) is 7. The van der Waals surface area contributed by atoms with Crippen LogP contribution < -0.4 is 24.4 Å². The van der Waals surface area contributed by atoms with Gasteiger partial charge in [0.1, 0.15) is 18.1 Å². The van der Waals surface area contributed by atoms with E-state index in [9.17, 15) is 9.59 Å². The van der Waals surface area contributed by atoms with E-state index in [0.717, 1.165) is 16.9 Å². The summed E-state index contributed by atoms with van der Waals surface area (Å²) in [6.45, 7) is 5.41. The van der Waals surface area contributed by atoms with Crippen molar-refractivity contribution in [1.82, 2.24) is 4.57 Å². The Kier molecular flexibility index (Phi) is 6.79. The predicted molar refractivity (Wildman–Crippen MR) is 131 cm³/mol. The Morgan fingerprint density at radius 1 is 1.09 bits per heavy atom. The molecule has 2 aromatic carbocycles. The molecule has 0 amide bonds. The van der Waals surface area contributed by atoms with E-state index < -0.39 is 12.0 Å². The Morgan fingerprint density at radius 3 is 2.29 bits per heavy atom. The van der Waals surface area contributed by atoms with Gasteiger partial charge in [0.25, 0.3) is 5.56 Å². The van der Waals surface area contributed by atoms with Gasteiger partial charge in [-0.1, -0.05) is 48.3 Å². The smallest absolute Gasteiger partial charge is 0.338 e. The minimum Gasteiger partial charge on any atom is -0.497 e. The van der Waals surface area contributed by atoms with Crippen LogP contribution in [0, 0.1) is 0 Å². The van der Waals surface area contributed by atoms with Gasteiger partial charge in [-0.05, 0) is 48.4 Å². The van der Waals surface area contributed by atoms with Crippen molar-refractivity contribution in [1.29, 1.82) is 0 Å². The number of carbonyl (C=O) groups excluding carboxylic acids is 1. The molecule has 7 nitrogen and oxygen atoms in total. The summed E-state index contributed by atoms with van der Waals surface area (Å²) in [6.07, 6.45) is 3.31. The maximum atomic E-state index is 13.6. The molecule has 4 rings (SSSR count). The molecule has 0 unspecified atom stereocenters. The summed E-state index contributed by atoms with van der Waals surface area (Å²) in [5, 5.41) is 0. The fraction of sp³-hybridized carbons (Fsp3) is 0.192. The normalized spacial score (nSPS) is 15.4. The number of thiazole rings is 1. The summed E-state index contributed by atoms with van der Waals surface area (Å²) in [4.78, 5) is 31.7. The molecule has 1 aliphatic heterocycles. The number of esters is 1. The van der Waals surface area contributed by atoms with E-state index in [-0.39, 0.29) is 12.2 Å². The van der Waals surface area contributed by atoms with Gasteiger partial charge in [0.2, 0.25) is 0 Å². The van der Waals surface area contributed by atoms with Crippen molar-refractivity contribution in [3.63, 3.8) is 0 Å². The second-order valence-corrected chi connectivity index (χ2v) is 8.52. The highest BCUT2D eigenvalue weighted by Gasteiger charge is 2.33. The van der Waals surface area contributed by atoms with Gasteiger partial charge in [-0.2, -0.15) is 0 Å². The lowest BCUT2D eigenvalue weighted by atomic mass is 9.96. The molecule has 174 valence electrons. The number of allylic oxidation sites excluding steroid dienone is 1. The van der Waals surface area contributed by atoms with Crippen LogP contribution in [-0.4, -0.2) is 31.4 Å². The average Bonchev–Trinajstić information content (AvgIpc) is 3.16. The van der Waals surface area contributed by atoms with E-state index in [1.54, 1.807) is 37.8 Å². The number of benzene rings is 2. The minimum absolute atomic E-state index is 0.0623. The summed E-state index contributed by atoms with van der Waals surface area (Å²) < 4.78 is 17.9. The van der Waals surface area contributed by atoms with Crippen LogP contribution in [0.15, 0.2) is 82.2 Å². The topological polar surface area (TPSA) is 79.1 Å². The van der Waals surface area contributed by atoms with Gasteiger partial charge in [-0.25, -0.2) is 9.79 Å². The van der Waals surface area contributed by atoms with Crippen LogP contribution >= 0.6 is 11.3 Å². The SMILES string of the molecule is C=CCOC(=O)C1=C(C)N=c2sc(=Cc3ccc(OC)cc3)c(=O)n2[C@H]1c1ccc(OC)cc1. The Morgan fingerprint density at radius 2 is 1.71 bits per heavy atom. The first-order valence-electron chi connectivity index (χ1n) is 10.6. The first-order chi connectivity index (χ1) is 16.5. The maximum Gasteiger partial charge on any atom is 0.338 e. The lowest BCUT2D eigenvalue weighted by Gasteiger charge is -2.24. The number of fused-ring (bicyclic) bond motifs is 1. The molecule has 0 fully saturated rings. The van der Waals surface area contributed by atoms with E-state index in [1.807, 2.05) is 42.5 Å². The molecule has 3 aromatic rings. The summed E-state index contributed by atoms with van der Waals surface area (Å²) >= 11 is 1.28. The number of aromatic nitrogens is 1. The zero-order valence-electron chi connectivity index (χ0n) is 19.1. The highest BCUT2D eigenvalue weighted by atomic mass is 32.1. The molecule has 0 saturated carbocycles. The third-order valence-corrected chi connectivity index (χ3v) is 6.40. The molecule has 0 bridgehead atoms. The van der Waals surface area contributed by atoms with Crippen LogP contribution in [0.3, 0.4) is 0 Å². The molecule has 1 atom stereocenters. The van der Waals surface area contributed by atoms with Crippen molar-refractivity contribution in [2.24, 2.45) is 4.99 Å². The van der Waals surface area contributed by atoms with Gasteiger partial charge in [0.05, 0.1) is 36.1 Å². The van der Waals surface area contributed by atoms with Crippen molar-refractivity contribution in [2.45, 2.75) is 13.0 Å². The first kappa shape index (κ1) is 23.3. The van der Waals surface area contributed by atoms with Gasteiger partial charge in [-0.15, -0.1) is 0 Å². The number of methoxy groups -OCH3 is 2. The maximum absolute atomic E-state index is 13.6. The first-order valence-corrected chi connectivity index (χ1v) is 11.4. The third-order valence-electron chi connectivity index (χ3n) is 5.42. The highest BCUT2D eigenvalue weighted by Crippen LogP contribution is 2.31. The van der Waals surface area contributed by atoms with Gasteiger partial charge in [0.15, 0.2) is 4.80 Å². The summed E-state index contributed by atoms with van der Waals surface area (Å²) in [5.41, 5.74) is 2.19. The van der Waals surface area contributed by atoms with Crippen LogP contribution in [0.4, 0.5) is 0 Å². The molecule has 1 aliphatic rings. The number of ether oxygens (including phenoxy) is 3. The molecule has 0 saturated heterocycles. The zero-order chi connectivity index (χ0) is 24.2. The van der Waals surface area contributed by atoms with E-state index in [0.29, 0.717) is 26.4 Å². The summed E-state index contributed by atoms with van der Waals surface area (Å²) in [6, 6.07) is 14.0. The number of nitrogens with zero attached hydrogens (tertiary/aromatic N) is 2. The van der Waals surface area contributed by atoms with Crippen molar-refractivity contribution < 1.29 is 19.0 Å². The van der Waals surface area contributed by atoms with Crippen LogP contribution in [0.2, 0.25) is 0 Å². The Bertz CT molecular complexity index is 1430. The standard InChI is InChI=1S/C26H24N2O5S/c1-5-14-33-25(30)22-16(2)27-26-28(23(22)18-8-12-20(32-4)13-9-18)24(29)21(34-26)15-17-6-10-19(31-3)11-7-17/h5-13,15,23H,1,14H2,2-4H3/t23-/m0/s1. The predicted octanol–water partition coefficient (Wildman–Crippen LogP) is 2.98. The summed E-state index contributed by atoms with van der Waals surface area (Å²) in [5.74, 6) is 0.870. The van der Waals surface area contributed by atoms with Crippen LogP contribution in [0.25, 0.3) is 6.08 Å². The lowest BCUT2D eigenvalue weighted by molar-refractivity contribution is -0.138. The quantitative estimate of drug-likeness (QED) is 0.387. The fourth-order valence-electron chi connectivity index (χ4n) is 3.75.